The molecule has 21 heavy (non-hydrogen) atoms. The third-order valence-corrected chi connectivity index (χ3v) is 2.81. The molecule has 0 fully saturated rings. The van der Waals surface area contributed by atoms with Crippen molar-refractivity contribution in [3.05, 3.63) is 17.9 Å². The van der Waals surface area contributed by atoms with E-state index in [-0.39, 0.29) is 11.7 Å². The second kappa shape index (κ2) is 9.05. The topological polar surface area (TPSA) is 76.4 Å². The lowest BCUT2D eigenvalue weighted by atomic mass is 10.2. The molecule has 1 rings (SSSR count). The van der Waals surface area contributed by atoms with Crippen molar-refractivity contribution in [2.24, 2.45) is 0 Å². The van der Waals surface area contributed by atoms with Gasteiger partial charge in [0.15, 0.2) is 11.6 Å². The molecule has 0 bridgehead atoms. The molecule has 5 nitrogen and oxygen atoms in total. The van der Waals surface area contributed by atoms with Gasteiger partial charge in [0.25, 0.3) is 0 Å². The molecule has 118 valence electrons. The molecule has 0 heterocycles. The summed E-state index contributed by atoms with van der Waals surface area (Å²) >= 11 is 0. The van der Waals surface area contributed by atoms with Gasteiger partial charge in [-0.15, -0.1) is 0 Å². The number of nitrogen functional groups attached to an aromatic ring is 1. The van der Waals surface area contributed by atoms with E-state index in [9.17, 15) is 9.18 Å². The molecule has 0 aliphatic rings. The fourth-order valence-electron chi connectivity index (χ4n) is 1.71. The zero-order valence-corrected chi connectivity index (χ0v) is 12.7. The number of carbonyl (C=O) groups excluding carboxylic acids is 1. The Morgan fingerprint density at radius 1 is 1.29 bits per heavy atom. The number of hydrogen-bond acceptors (Lipinski definition) is 4. The van der Waals surface area contributed by atoms with Crippen LogP contribution in [-0.4, -0.2) is 25.6 Å². The monoisotopic (exact) mass is 297 g/mol. The third kappa shape index (κ3) is 5.89. The second-order valence-corrected chi connectivity index (χ2v) is 4.75. The first-order chi connectivity index (χ1) is 10.1. The van der Waals surface area contributed by atoms with E-state index in [0.29, 0.717) is 37.5 Å². The van der Waals surface area contributed by atoms with E-state index >= 15 is 0 Å². The standard InChI is InChI=1S/C15H24FN3O2/c1-3-6-19-15(20)5-7-18-13-10-14(21-8-4-2)11(16)9-12(13)17/h9-10,18H,3-8,17H2,1-2H3,(H,19,20). The van der Waals surface area contributed by atoms with E-state index in [2.05, 4.69) is 10.6 Å². The number of ether oxygens (including phenoxy) is 1. The van der Waals surface area contributed by atoms with Crippen molar-refractivity contribution in [3.63, 3.8) is 0 Å². The summed E-state index contributed by atoms with van der Waals surface area (Å²) in [6, 6.07) is 2.76. The fourth-order valence-corrected chi connectivity index (χ4v) is 1.71. The minimum Gasteiger partial charge on any atom is -0.490 e. The van der Waals surface area contributed by atoms with E-state index in [1.165, 1.54) is 12.1 Å². The number of hydrogen-bond donors (Lipinski definition) is 3. The Balaban J connectivity index is 2.55. The van der Waals surface area contributed by atoms with Crippen molar-refractivity contribution in [1.29, 1.82) is 0 Å². The summed E-state index contributed by atoms with van der Waals surface area (Å²) in [5.74, 6) is -0.330. The SMILES string of the molecule is CCCNC(=O)CCNc1cc(OCCC)c(F)cc1N. The molecule has 4 N–H and O–H groups in total. The van der Waals surface area contributed by atoms with Crippen LogP contribution in [0.25, 0.3) is 0 Å². The van der Waals surface area contributed by atoms with Gasteiger partial charge in [-0.3, -0.25) is 4.79 Å². The van der Waals surface area contributed by atoms with Gasteiger partial charge in [-0.05, 0) is 12.8 Å². The second-order valence-electron chi connectivity index (χ2n) is 4.75. The molecular formula is C15H24FN3O2. The van der Waals surface area contributed by atoms with Crippen LogP contribution in [0.1, 0.15) is 33.1 Å². The van der Waals surface area contributed by atoms with Crippen molar-refractivity contribution >= 4 is 17.3 Å². The fraction of sp³-hybridized carbons (Fsp3) is 0.533. The normalized spacial score (nSPS) is 10.2. The number of rotatable bonds is 9. The van der Waals surface area contributed by atoms with Gasteiger partial charge in [0.05, 0.1) is 18.0 Å². The Hall–Kier alpha value is -1.98. The molecule has 0 radical (unpaired) electrons. The minimum absolute atomic E-state index is 0.0208. The van der Waals surface area contributed by atoms with Crippen LogP contribution in [0.4, 0.5) is 15.8 Å². The molecular weight excluding hydrogens is 273 g/mol. The van der Waals surface area contributed by atoms with Gasteiger partial charge in [0.1, 0.15) is 0 Å². The van der Waals surface area contributed by atoms with Gasteiger partial charge in [0, 0.05) is 31.6 Å². The third-order valence-electron chi connectivity index (χ3n) is 2.81. The van der Waals surface area contributed by atoms with Crippen molar-refractivity contribution in [1.82, 2.24) is 5.32 Å². The van der Waals surface area contributed by atoms with E-state index in [1.807, 2.05) is 13.8 Å². The summed E-state index contributed by atoms with van der Waals surface area (Å²) in [7, 11) is 0. The Labute approximate surface area is 125 Å². The Bertz CT molecular complexity index is 466. The van der Waals surface area contributed by atoms with Gasteiger partial charge in [0.2, 0.25) is 5.91 Å². The van der Waals surface area contributed by atoms with Gasteiger partial charge >= 0.3 is 0 Å². The van der Waals surface area contributed by atoms with Crippen LogP contribution in [-0.2, 0) is 4.79 Å². The highest BCUT2D eigenvalue weighted by Crippen LogP contribution is 2.28. The Morgan fingerprint density at radius 3 is 2.71 bits per heavy atom. The van der Waals surface area contributed by atoms with Crippen molar-refractivity contribution in [2.75, 3.05) is 30.7 Å². The molecule has 0 unspecified atom stereocenters. The molecule has 0 aliphatic carbocycles. The van der Waals surface area contributed by atoms with Crippen LogP contribution in [0.2, 0.25) is 0 Å². The Kier molecular flexibility index (Phi) is 7.36. The van der Waals surface area contributed by atoms with Gasteiger partial charge in [-0.25, -0.2) is 4.39 Å². The van der Waals surface area contributed by atoms with E-state index in [0.717, 1.165) is 12.8 Å². The van der Waals surface area contributed by atoms with Gasteiger partial charge < -0.3 is 21.1 Å². The summed E-state index contributed by atoms with van der Waals surface area (Å²) in [6.45, 7) is 5.49. The highest BCUT2D eigenvalue weighted by molar-refractivity contribution is 5.77. The number of amides is 1. The highest BCUT2D eigenvalue weighted by Gasteiger charge is 2.09. The number of halogens is 1. The smallest absolute Gasteiger partial charge is 0.221 e. The number of carbonyl (C=O) groups is 1. The number of anilines is 2. The van der Waals surface area contributed by atoms with Crippen molar-refractivity contribution < 1.29 is 13.9 Å². The first-order valence-corrected chi connectivity index (χ1v) is 7.30. The summed E-state index contributed by atoms with van der Waals surface area (Å²) in [5, 5.41) is 5.82. The predicted molar refractivity (Wildman–Crippen MR) is 83.0 cm³/mol. The zero-order valence-electron chi connectivity index (χ0n) is 12.7. The van der Waals surface area contributed by atoms with Crippen LogP contribution in [0, 0.1) is 5.82 Å². The zero-order chi connectivity index (χ0) is 15.7. The van der Waals surface area contributed by atoms with Crippen LogP contribution >= 0.6 is 0 Å². The maximum Gasteiger partial charge on any atom is 0.221 e. The number of nitrogens with two attached hydrogens (primary N) is 1. The maximum absolute atomic E-state index is 13.6. The molecule has 0 aliphatic heterocycles. The van der Waals surface area contributed by atoms with Crippen LogP contribution < -0.4 is 21.1 Å². The van der Waals surface area contributed by atoms with Crippen molar-refractivity contribution in [2.45, 2.75) is 33.1 Å². The molecule has 1 aromatic carbocycles. The lowest BCUT2D eigenvalue weighted by molar-refractivity contribution is -0.120. The number of benzene rings is 1. The summed E-state index contributed by atoms with van der Waals surface area (Å²) in [6.07, 6.45) is 2.04. The molecule has 1 aromatic rings. The minimum atomic E-state index is -0.479. The molecule has 0 atom stereocenters. The van der Waals surface area contributed by atoms with Crippen molar-refractivity contribution in [3.8, 4) is 5.75 Å². The Morgan fingerprint density at radius 2 is 2.05 bits per heavy atom. The summed E-state index contributed by atoms with van der Waals surface area (Å²) in [5.41, 5.74) is 6.63. The highest BCUT2D eigenvalue weighted by atomic mass is 19.1. The maximum atomic E-state index is 13.6. The lowest BCUT2D eigenvalue weighted by Crippen LogP contribution is -2.26. The quantitative estimate of drug-likeness (QED) is 0.612. The summed E-state index contributed by atoms with van der Waals surface area (Å²) in [4.78, 5) is 11.5. The van der Waals surface area contributed by atoms with Gasteiger partial charge in [-0.1, -0.05) is 13.8 Å². The average molecular weight is 297 g/mol. The first-order valence-electron chi connectivity index (χ1n) is 7.30. The van der Waals surface area contributed by atoms with Crippen LogP contribution in [0.5, 0.6) is 5.75 Å². The lowest BCUT2D eigenvalue weighted by Gasteiger charge is -2.13. The largest absolute Gasteiger partial charge is 0.490 e. The molecule has 1 amide bonds. The van der Waals surface area contributed by atoms with E-state index in [1.54, 1.807) is 0 Å². The molecule has 0 aromatic heterocycles. The summed E-state index contributed by atoms with van der Waals surface area (Å²) < 4.78 is 19.0. The van der Waals surface area contributed by atoms with Crippen LogP contribution in [0.3, 0.4) is 0 Å². The number of nitrogens with one attached hydrogen (secondary N) is 2. The molecule has 0 spiro atoms. The van der Waals surface area contributed by atoms with E-state index in [4.69, 9.17) is 10.5 Å². The first kappa shape index (κ1) is 17.1. The van der Waals surface area contributed by atoms with Gasteiger partial charge in [-0.2, -0.15) is 0 Å². The predicted octanol–water partition coefficient (Wildman–Crippen LogP) is 2.52. The molecule has 0 saturated heterocycles. The molecule has 6 heteroatoms. The van der Waals surface area contributed by atoms with Crippen LogP contribution in [0.15, 0.2) is 12.1 Å². The van der Waals surface area contributed by atoms with E-state index < -0.39 is 5.82 Å². The average Bonchev–Trinajstić information content (AvgIpc) is 2.46. The molecule has 0 saturated carbocycles.